The van der Waals surface area contributed by atoms with E-state index in [4.69, 9.17) is 0 Å². The summed E-state index contributed by atoms with van der Waals surface area (Å²) < 4.78 is 0. The number of hydrogen-bond acceptors (Lipinski definition) is 4. The molecule has 2 N–H and O–H groups in total. The van der Waals surface area contributed by atoms with Gasteiger partial charge in [-0.25, -0.2) is 0 Å². The third-order valence-corrected chi connectivity index (χ3v) is 3.89. The molecule has 2 aromatic carbocycles. The molecule has 2 heterocycles. The van der Waals surface area contributed by atoms with Crippen molar-refractivity contribution in [1.29, 1.82) is 0 Å². The number of fused-ring (bicyclic) bond motifs is 3. The molecule has 21 heavy (non-hydrogen) atoms. The molecular weight excluding hydrogens is 262 g/mol. The third-order valence-electron chi connectivity index (χ3n) is 3.89. The van der Waals surface area contributed by atoms with Gasteiger partial charge < -0.3 is 15.3 Å². The van der Waals surface area contributed by atoms with E-state index < -0.39 is 0 Å². The maximum absolute atomic E-state index is 9.44. The fourth-order valence-electron chi connectivity index (χ4n) is 2.77. The van der Waals surface area contributed by atoms with Crippen molar-refractivity contribution >= 4 is 17.1 Å². The highest BCUT2D eigenvalue weighted by Gasteiger charge is 2.29. The molecule has 0 spiro atoms. The summed E-state index contributed by atoms with van der Waals surface area (Å²) in [5.41, 5.74) is 4.40. The molecule has 2 aliphatic heterocycles. The number of anilines is 2. The Morgan fingerprint density at radius 3 is 2.57 bits per heavy atom. The highest BCUT2D eigenvalue weighted by molar-refractivity contribution is 5.84. The number of aromatic hydroxyl groups is 1. The van der Waals surface area contributed by atoms with Crippen LogP contribution in [0.2, 0.25) is 0 Å². The van der Waals surface area contributed by atoms with Gasteiger partial charge in [-0.3, -0.25) is 4.90 Å². The number of para-hydroxylation sites is 2. The van der Waals surface area contributed by atoms with Crippen molar-refractivity contribution in [2.45, 2.75) is 0 Å². The lowest BCUT2D eigenvalue weighted by atomic mass is 10.1. The molecule has 0 aromatic heterocycles. The first kappa shape index (κ1) is 11.9. The van der Waals surface area contributed by atoms with Crippen LogP contribution in [-0.4, -0.2) is 17.1 Å². The van der Waals surface area contributed by atoms with Crippen molar-refractivity contribution in [2.24, 2.45) is 0 Å². The second-order valence-corrected chi connectivity index (χ2v) is 5.15. The largest absolute Gasteiger partial charge is 0.508 e. The van der Waals surface area contributed by atoms with E-state index in [2.05, 4.69) is 33.4 Å². The molecule has 4 nitrogen and oxygen atoms in total. The number of nitrogens with zero attached hydrogens (tertiary/aromatic N) is 2. The molecule has 4 rings (SSSR count). The summed E-state index contributed by atoms with van der Waals surface area (Å²) in [5.74, 6) is 1.36. The fraction of sp³-hybridized carbons (Fsp3) is 0.0588. The van der Waals surface area contributed by atoms with Gasteiger partial charge in [0.15, 0.2) is 0 Å². The van der Waals surface area contributed by atoms with E-state index in [0.717, 1.165) is 28.5 Å². The highest BCUT2D eigenvalue weighted by atomic mass is 16.3. The molecule has 0 unspecified atom stereocenters. The van der Waals surface area contributed by atoms with Crippen molar-refractivity contribution in [1.82, 2.24) is 4.90 Å². The van der Waals surface area contributed by atoms with Gasteiger partial charge in [-0.1, -0.05) is 12.1 Å². The van der Waals surface area contributed by atoms with Gasteiger partial charge in [-0.2, -0.15) is 0 Å². The summed E-state index contributed by atoms with van der Waals surface area (Å²) in [4.78, 5) is 4.31. The Kier molecular flexibility index (Phi) is 2.44. The number of phenols is 1. The molecule has 0 fully saturated rings. The Morgan fingerprint density at radius 1 is 1.00 bits per heavy atom. The van der Waals surface area contributed by atoms with Crippen molar-refractivity contribution in [3.05, 3.63) is 72.3 Å². The molecule has 0 saturated heterocycles. The number of nitrogens with one attached hydrogen (secondary N) is 1. The van der Waals surface area contributed by atoms with Crippen LogP contribution in [0.3, 0.4) is 0 Å². The van der Waals surface area contributed by atoms with E-state index in [-0.39, 0.29) is 5.75 Å². The van der Waals surface area contributed by atoms with Gasteiger partial charge in [0.1, 0.15) is 11.6 Å². The van der Waals surface area contributed by atoms with Gasteiger partial charge in [0.05, 0.1) is 17.1 Å². The van der Waals surface area contributed by atoms with Gasteiger partial charge in [0.25, 0.3) is 0 Å². The molecule has 0 saturated carbocycles. The van der Waals surface area contributed by atoms with E-state index in [1.165, 1.54) is 0 Å². The van der Waals surface area contributed by atoms with Crippen molar-refractivity contribution in [2.75, 3.05) is 17.3 Å². The molecule has 0 aliphatic carbocycles. The number of hydrogen-bond donors (Lipinski definition) is 2. The van der Waals surface area contributed by atoms with Gasteiger partial charge >= 0.3 is 0 Å². The molecule has 104 valence electrons. The Morgan fingerprint density at radius 2 is 1.76 bits per heavy atom. The molecular formula is C17H15N3O. The molecule has 4 heteroatoms. The van der Waals surface area contributed by atoms with Crippen LogP contribution in [0.4, 0.5) is 11.4 Å². The van der Waals surface area contributed by atoms with E-state index in [1.807, 2.05) is 37.5 Å². The average molecular weight is 277 g/mol. The first-order chi connectivity index (χ1) is 10.2. The first-order valence-electron chi connectivity index (χ1n) is 6.84. The predicted molar refractivity (Wildman–Crippen MR) is 84.5 cm³/mol. The lowest BCUT2D eigenvalue weighted by Gasteiger charge is -2.29. The summed E-state index contributed by atoms with van der Waals surface area (Å²) in [6.45, 7) is 0. The van der Waals surface area contributed by atoms with Crippen molar-refractivity contribution < 1.29 is 5.11 Å². The van der Waals surface area contributed by atoms with Crippen LogP contribution in [0.25, 0.3) is 5.70 Å². The summed E-state index contributed by atoms with van der Waals surface area (Å²) in [6.07, 6.45) is 4.13. The summed E-state index contributed by atoms with van der Waals surface area (Å²) in [7, 11) is 2.04. The molecule has 2 aliphatic rings. The van der Waals surface area contributed by atoms with Crippen molar-refractivity contribution in [3.8, 4) is 5.75 Å². The topological polar surface area (TPSA) is 38.7 Å². The maximum Gasteiger partial charge on any atom is 0.134 e. The Bertz CT molecular complexity index is 762. The molecule has 0 radical (unpaired) electrons. The average Bonchev–Trinajstić information content (AvgIpc) is 2.86. The van der Waals surface area contributed by atoms with E-state index >= 15 is 0 Å². The van der Waals surface area contributed by atoms with Crippen molar-refractivity contribution in [3.63, 3.8) is 0 Å². The zero-order valence-electron chi connectivity index (χ0n) is 11.6. The maximum atomic E-state index is 9.44. The highest BCUT2D eigenvalue weighted by Crippen LogP contribution is 2.40. The standard InChI is InChI=1S/C17H15N3O/c1-19-16(12-6-8-13(21)9-7-12)11-20-15-5-3-2-4-14(15)18-10-17(19)20/h2-11,18,21H,1H3. The molecule has 0 bridgehead atoms. The number of rotatable bonds is 1. The lowest BCUT2D eigenvalue weighted by molar-refractivity contribution is 0.475. The van der Waals surface area contributed by atoms with E-state index in [9.17, 15) is 5.11 Å². The zero-order chi connectivity index (χ0) is 14.4. The lowest BCUT2D eigenvalue weighted by Crippen LogP contribution is -2.25. The minimum absolute atomic E-state index is 0.281. The van der Waals surface area contributed by atoms with Crippen LogP contribution < -0.4 is 10.2 Å². The van der Waals surface area contributed by atoms with Crippen LogP contribution in [-0.2, 0) is 0 Å². The number of benzene rings is 2. The molecule has 0 atom stereocenters. The summed E-state index contributed by atoms with van der Waals surface area (Å²) in [5, 5.41) is 12.8. The van der Waals surface area contributed by atoms with Gasteiger partial charge in [0.2, 0.25) is 0 Å². The predicted octanol–water partition coefficient (Wildman–Crippen LogP) is 3.37. The Hall–Kier alpha value is -2.88. The Labute approximate surface area is 123 Å². The summed E-state index contributed by atoms with van der Waals surface area (Å²) in [6, 6.07) is 15.5. The van der Waals surface area contributed by atoms with Crippen LogP contribution in [0, 0.1) is 0 Å². The minimum Gasteiger partial charge on any atom is -0.508 e. The molecule has 2 aromatic rings. The van der Waals surface area contributed by atoms with Gasteiger partial charge in [-0.15, -0.1) is 0 Å². The SMILES string of the molecule is CN1C(c2ccc(O)cc2)=CN2C1=CNc1ccccc12. The fourth-order valence-corrected chi connectivity index (χ4v) is 2.77. The van der Waals surface area contributed by atoms with E-state index in [1.54, 1.807) is 12.1 Å². The van der Waals surface area contributed by atoms with Crippen LogP contribution in [0.5, 0.6) is 5.75 Å². The molecule has 0 amide bonds. The van der Waals surface area contributed by atoms with E-state index in [0.29, 0.717) is 0 Å². The van der Waals surface area contributed by atoms with Crippen LogP contribution in [0.15, 0.2) is 66.8 Å². The van der Waals surface area contributed by atoms with Gasteiger partial charge in [-0.05, 0) is 42.0 Å². The third kappa shape index (κ3) is 1.76. The first-order valence-corrected chi connectivity index (χ1v) is 6.84. The second-order valence-electron chi connectivity index (χ2n) is 5.15. The minimum atomic E-state index is 0.281. The monoisotopic (exact) mass is 277 g/mol. The second kappa shape index (κ2) is 4.31. The smallest absolute Gasteiger partial charge is 0.134 e. The summed E-state index contributed by atoms with van der Waals surface area (Å²) >= 11 is 0. The van der Waals surface area contributed by atoms with Gasteiger partial charge in [0, 0.05) is 19.4 Å². The van der Waals surface area contributed by atoms with Crippen LogP contribution >= 0.6 is 0 Å². The normalized spacial score (nSPS) is 15.9. The Balaban J connectivity index is 1.80. The number of phenolic OH excluding ortho intramolecular Hbond substituents is 1. The van der Waals surface area contributed by atoms with Crippen LogP contribution in [0.1, 0.15) is 5.56 Å². The zero-order valence-corrected chi connectivity index (χ0v) is 11.6. The quantitative estimate of drug-likeness (QED) is 0.838.